The van der Waals surface area contributed by atoms with Gasteiger partial charge < -0.3 is 15.1 Å². The molecule has 25 heavy (non-hydrogen) atoms. The van der Waals surface area contributed by atoms with Crippen LogP contribution in [0.3, 0.4) is 0 Å². The maximum Gasteiger partial charge on any atom is 0.287 e. The van der Waals surface area contributed by atoms with Crippen molar-refractivity contribution in [2.24, 2.45) is 0 Å². The lowest BCUT2D eigenvalue weighted by Gasteiger charge is -2.46. The average molecular weight is 365 g/mol. The van der Waals surface area contributed by atoms with E-state index in [9.17, 15) is 4.79 Å². The molecule has 7 heteroatoms. The van der Waals surface area contributed by atoms with E-state index in [4.69, 9.17) is 16.0 Å². The molecule has 0 aliphatic carbocycles. The maximum absolute atomic E-state index is 12.5. The van der Waals surface area contributed by atoms with E-state index in [1.807, 2.05) is 0 Å². The Morgan fingerprint density at radius 3 is 2.64 bits per heavy atom. The molecule has 2 aromatic heterocycles. The zero-order valence-electron chi connectivity index (χ0n) is 15.1. The number of halogens is 1. The van der Waals surface area contributed by atoms with Crippen LogP contribution in [0.5, 0.6) is 0 Å². The number of piperidine rings is 1. The van der Waals surface area contributed by atoms with Crippen LogP contribution in [0.15, 0.2) is 28.9 Å². The van der Waals surface area contributed by atoms with Crippen LogP contribution in [0.4, 0.5) is 0 Å². The van der Waals surface area contributed by atoms with Gasteiger partial charge in [-0.05, 0) is 52.7 Å². The molecule has 0 saturated carbocycles. The lowest BCUT2D eigenvalue weighted by molar-refractivity contribution is 0.0844. The molecular weight excluding hydrogens is 340 g/mol. The molecule has 2 N–H and O–H groups in total. The first-order valence-corrected chi connectivity index (χ1v) is 8.87. The van der Waals surface area contributed by atoms with E-state index in [1.54, 1.807) is 29.2 Å². The van der Waals surface area contributed by atoms with Gasteiger partial charge in [-0.2, -0.15) is 5.10 Å². The summed E-state index contributed by atoms with van der Waals surface area (Å²) in [7, 11) is 0. The van der Waals surface area contributed by atoms with Gasteiger partial charge in [0.15, 0.2) is 5.76 Å². The number of carbonyl (C=O) groups is 1. The molecule has 1 aliphatic rings. The van der Waals surface area contributed by atoms with Crippen molar-refractivity contribution >= 4 is 17.5 Å². The van der Waals surface area contributed by atoms with E-state index in [2.05, 4.69) is 43.4 Å². The molecule has 0 radical (unpaired) electrons. The first-order chi connectivity index (χ1) is 11.6. The first-order valence-electron chi connectivity index (χ1n) is 8.49. The minimum Gasteiger partial charge on any atom is -0.454 e. The summed E-state index contributed by atoms with van der Waals surface area (Å²) in [4.78, 5) is 12.5. The smallest absolute Gasteiger partial charge is 0.287 e. The Kier molecular flexibility index (Phi) is 4.68. The van der Waals surface area contributed by atoms with E-state index in [1.165, 1.54) is 0 Å². The summed E-state index contributed by atoms with van der Waals surface area (Å²) >= 11 is 5.85. The van der Waals surface area contributed by atoms with Crippen LogP contribution in [0.25, 0.3) is 0 Å². The van der Waals surface area contributed by atoms with Crippen LogP contribution in [0.1, 0.15) is 56.9 Å². The van der Waals surface area contributed by atoms with Crippen LogP contribution in [0, 0.1) is 0 Å². The van der Waals surface area contributed by atoms with Crippen molar-refractivity contribution in [1.29, 1.82) is 0 Å². The Hall–Kier alpha value is -1.79. The summed E-state index contributed by atoms with van der Waals surface area (Å²) in [5, 5.41) is 11.4. The number of hydrogen-bond donors (Lipinski definition) is 2. The molecule has 1 aliphatic heterocycles. The van der Waals surface area contributed by atoms with Gasteiger partial charge in [-0.15, -0.1) is 0 Å². The van der Waals surface area contributed by atoms with Crippen molar-refractivity contribution in [2.75, 3.05) is 0 Å². The molecule has 1 saturated heterocycles. The molecule has 0 aromatic carbocycles. The number of hydrogen-bond acceptors (Lipinski definition) is 4. The van der Waals surface area contributed by atoms with Crippen molar-refractivity contribution in [3.8, 4) is 0 Å². The standard InChI is InChI=1S/C18H25ClN4O2/c1-17(2)7-13(8-18(3,4)22-17)21-16(24)15-6-5-14(25-15)11-23-10-12(19)9-20-23/h5-6,9-10,13,22H,7-8,11H2,1-4H3,(H,21,24). The molecule has 0 unspecified atom stereocenters. The lowest BCUT2D eigenvalue weighted by Crippen LogP contribution is -2.62. The predicted octanol–water partition coefficient (Wildman–Crippen LogP) is 3.22. The first kappa shape index (κ1) is 18.0. The minimum absolute atomic E-state index is 0.0205. The van der Waals surface area contributed by atoms with Gasteiger partial charge in [-0.3, -0.25) is 9.48 Å². The highest BCUT2D eigenvalue weighted by Gasteiger charge is 2.38. The van der Waals surface area contributed by atoms with Gasteiger partial charge >= 0.3 is 0 Å². The van der Waals surface area contributed by atoms with Crippen molar-refractivity contribution in [1.82, 2.24) is 20.4 Å². The third-order valence-electron chi connectivity index (χ3n) is 4.33. The fourth-order valence-electron chi connectivity index (χ4n) is 3.85. The van der Waals surface area contributed by atoms with Crippen LogP contribution in [0.2, 0.25) is 5.02 Å². The van der Waals surface area contributed by atoms with Crippen molar-refractivity contribution in [3.05, 3.63) is 41.1 Å². The monoisotopic (exact) mass is 364 g/mol. The van der Waals surface area contributed by atoms with Crippen LogP contribution >= 0.6 is 11.6 Å². The number of nitrogens with one attached hydrogen (secondary N) is 2. The van der Waals surface area contributed by atoms with Gasteiger partial charge in [0.25, 0.3) is 5.91 Å². The quantitative estimate of drug-likeness (QED) is 0.873. The molecule has 2 aromatic rings. The third-order valence-corrected chi connectivity index (χ3v) is 4.53. The molecule has 136 valence electrons. The Balaban J connectivity index is 1.63. The maximum atomic E-state index is 12.5. The van der Waals surface area contributed by atoms with Crippen molar-refractivity contribution in [3.63, 3.8) is 0 Å². The summed E-state index contributed by atoms with van der Waals surface area (Å²) in [5.41, 5.74) is -0.0409. The summed E-state index contributed by atoms with van der Waals surface area (Å²) < 4.78 is 7.34. The topological polar surface area (TPSA) is 72.1 Å². The van der Waals surface area contributed by atoms with E-state index in [0.29, 0.717) is 23.1 Å². The zero-order chi connectivity index (χ0) is 18.2. The van der Waals surface area contributed by atoms with Crippen LogP contribution in [-0.4, -0.2) is 32.8 Å². The van der Waals surface area contributed by atoms with Crippen LogP contribution in [-0.2, 0) is 6.54 Å². The number of amides is 1. The van der Waals surface area contributed by atoms with Gasteiger partial charge in [0.1, 0.15) is 5.76 Å². The van der Waals surface area contributed by atoms with Gasteiger partial charge in [-0.1, -0.05) is 11.6 Å². The number of rotatable bonds is 4. The second-order valence-corrected chi connectivity index (χ2v) is 8.53. The summed E-state index contributed by atoms with van der Waals surface area (Å²) in [6, 6.07) is 3.60. The Morgan fingerprint density at radius 1 is 1.36 bits per heavy atom. The molecule has 1 fully saturated rings. The molecule has 0 spiro atoms. The summed E-state index contributed by atoms with van der Waals surface area (Å²) in [6.45, 7) is 9.08. The lowest BCUT2D eigenvalue weighted by atomic mass is 9.79. The van der Waals surface area contributed by atoms with Gasteiger partial charge in [0, 0.05) is 23.3 Å². The molecule has 3 heterocycles. The molecule has 0 atom stereocenters. The van der Waals surface area contributed by atoms with E-state index in [0.717, 1.165) is 12.8 Å². The van der Waals surface area contributed by atoms with Gasteiger partial charge in [-0.25, -0.2) is 0 Å². The fraction of sp³-hybridized carbons (Fsp3) is 0.556. The Bertz CT molecular complexity index is 747. The highest BCUT2D eigenvalue weighted by molar-refractivity contribution is 6.30. The molecular formula is C18H25ClN4O2. The van der Waals surface area contributed by atoms with E-state index >= 15 is 0 Å². The summed E-state index contributed by atoms with van der Waals surface area (Å²) in [5.74, 6) is 0.807. The highest BCUT2D eigenvalue weighted by atomic mass is 35.5. The van der Waals surface area contributed by atoms with Gasteiger partial charge in [0.05, 0.1) is 17.8 Å². The molecule has 1 amide bonds. The zero-order valence-corrected chi connectivity index (χ0v) is 15.9. The van der Waals surface area contributed by atoms with Crippen molar-refractivity contribution in [2.45, 2.75) is 64.2 Å². The summed E-state index contributed by atoms with van der Waals surface area (Å²) in [6.07, 6.45) is 5.03. The molecule has 3 rings (SSSR count). The average Bonchev–Trinajstić information content (AvgIpc) is 3.05. The Labute approximate surface area is 152 Å². The largest absolute Gasteiger partial charge is 0.454 e. The number of carbonyl (C=O) groups excluding carboxylic acids is 1. The third kappa shape index (κ3) is 4.64. The highest BCUT2D eigenvalue weighted by Crippen LogP contribution is 2.28. The van der Waals surface area contributed by atoms with E-state index < -0.39 is 0 Å². The SMILES string of the molecule is CC1(C)CC(NC(=O)c2ccc(Cn3cc(Cl)cn3)o2)CC(C)(C)N1. The predicted molar refractivity (Wildman–Crippen MR) is 96.8 cm³/mol. The minimum atomic E-state index is -0.178. The Morgan fingerprint density at radius 2 is 2.04 bits per heavy atom. The van der Waals surface area contributed by atoms with E-state index in [-0.39, 0.29) is 23.0 Å². The van der Waals surface area contributed by atoms with Crippen molar-refractivity contribution < 1.29 is 9.21 Å². The second kappa shape index (κ2) is 6.50. The van der Waals surface area contributed by atoms with Crippen LogP contribution < -0.4 is 10.6 Å². The normalized spacial score (nSPS) is 19.7. The molecule has 6 nitrogen and oxygen atoms in total. The number of nitrogens with zero attached hydrogens (tertiary/aromatic N) is 2. The number of furan rings is 1. The molecule has 0 bridgehead atoms. The second-order valence-electron chi connectivity index (χ2n) is 8.09. The number of aromatic nitrogens is 2. The fourth-order valence-corrected chi connectivity index (χ4v) is 4.01. The van der Waals surface area contributed by atoms with Gasteiger partial charge in [0.2, 0.25) is 0 Å².